The van der Waals surface area contributed by atoms with E-state index in [0.717, 1.165) is 32.7 Å². The van der Waals surface area contributed by atoms with Crippen molar-refractivity contribution in [1.82, 2.24) is 10.2 Å². The van der Waals surface area contributed by atoms with E-state index in [1.807, 2.05) is 0 Å². The van der Waals surface area contributed by atoms with Crippen molar-refractivity contribution in [3.05, 3.63) is 24.3 Å². The minimum Gasteiger partial charge on any atom is -0.379 e. The minimum absolute atomic E-state index is 0.0546. The molecule has 2 amide bonds. The number of ether oxygens (including phenoxy) is 1. The van der Waals surface area contributed by atoms with E-state index in [4.69, 9.17) is 4.74 Å². The summed E-state index contributed by atoms with van der Waals surface area (Å²) in [5.41, 5.74) is 0.564. The minimum atomic E-state index is -3.23. The Morgan fingerprint density at radius 1 is 1.19 bits per heavy atom. The number of nitrogens with one attached hydrogen (secondary N) is 2. The second kappa shape index (κ2) is 10.1. The molecule has 1 aliphatic rings. The highest BCUT2D eigenvalue weighted by molar-refractivity contribution is 7.91. The first-order chi connectivity index (χ1) is 12.8. The molecule has 1 aliphatic heterocycles. The molecule has 8 heteroatoms. The van der Waals surface area contributed by atoms with E-state index in [0.29, 0.717) is 18.2 Å². The van der Waals surface area contributed by atoms with Gasteiger partial charge in [0.25, 0.3) is 0 Å². The smallest absolute Gasteiger partial charge is 0.319 e. The number of sulfone groups is 1. The highest BCUT2D eigenvalue weighted by atomic mass is 32.2. The maximum Gasteiger partial charge on any atom is 0.319 e. The van der Waals surface area contributed by atoms with Crippen LogP contribution in [0.3, 0.4) is 0 Å². The number of urea groups is 1. The summed E-state index contributed by atoms with van der Waals surface area (Å²) in [6, 6.07) is 6.23. The first kappa shape index (κ1) is 21.7. The van der Waals surface area contributed by atoms with Crippen LogP contribution in [-0.4, -0.2) is 64.0 Å². The van der Waals surface area contributed by atoms with Gasteiger partial charge in [-0.3, -0.25) is 4.90 Å². The van der Waals surface area contributed by atoms with Gasteiger partial charge in [-0.25, -0.2) is 13.2 Å². The Balaban J connectivity index is 1.89. The van der Waals surface area contributed by atoms with Gasteiger partial charge in [0.05, 0.1) is 23.9 Å². The van der Waals surface area contributed by atoms with Gasteiger partial charge in [0.15, 0.2) is 9.84 Å². The van der Waals surface area contributed by atoms with Gasteiger partial charge >= 0.3 is 6.03 Å². The van der Waals surface area contributed by atoms with Crippen LogP contribution in [0.25, 0.3) is 0 Å². The largest absolute Gasteiger partial charge is 0.379 e. The molecule has 27 heavy (non-hydrogen) atoms. The van der Waals surface area contributed by atoms with E-state index >= 15 is 0 Å². The molecule has 0 aromatic heterocycles. The molecule has 1 unspecified atom stereocenters. The fraction of sp³-hybridized carbons (Fsp3) is 0.632. The molecule has 1 fully saturated rings. The predicted molar refractivity (Wildman–Crippen MR) is 107 cm³/mol. The molecule has 2 rings (SSSR count). The molecule has 0 spiro atoms. The third-order valence-corrected chi connectivity index (χ3v) is 6.41. The number of carbonyl (C=O) groups excluding carboxylic acids is 1. The number of anilines is 1. The van der Waals surface area contributed by atoms with E-state index in [1.54, 1.807) is 19.1 Å². The average Bonchev–Trinajstić information content (AvgIpc) is 2.66. The predicted octanol–water partition coefficient (Wildman–Crippen LogP) is 2.35. The molecular weight excluding hydrogens is 366 g/mol. The molecule has 0 radical (unpaired) electrons. The molecule has 0 saturated carbocycles. The van der Waals surface area contributed by atoms with Crippen LogP contribution in [-0.2, 0) is 14.6 Å². The van der Waals surface area contributed by atoms with Crippen molar-refractivity contribution < 1.29 is 17.9 Å². The lowest BCUT2D eigenvalue weighted by atomic mass is 10.0. The average molecular weight is 398 g/mol. The normalized spacial score (nSPS) is 16.9. The maximum absolute atomic E-state index is 12.2. The molecule has 152 valence electrons. The number of morpholine rings is 1. The third-order valence-electron chi connectivity index (χ3n) is 4.66. The van der Waals surface area contributed by atoms with Crippen molar-refractivity contribution in [2.75, 3.05) is 43.9 Å². The summed E-state index contributed by atoms with van der Waals surface area (Å²) in [5.74, 6) is 0.592. The van der Waals surface area contributed by atoms with Gasteiger partial charge in [-0.2, -0.15) is 0 Å². The molecule has 2 N–H and O–H groups in total. The van der Waals surface area contributed by atoms with Crippen molar-refractivity contribution in [1.29, 1.82) is 0 Å². The molecule has 0 aliphatic carbocycles. The molecule has 1 atom stereocenters. The summed E-state index contributed by atoms with van der Waals surface area (Å²) in [6.07, 6.45) is 1.00. The quantitative estimate of drug-likeness (QED) is 0.703. The fourth-order valence-electron chi connectivity index (χ4n) is 3.15. The summed E-state index contributed by atoms with van der Waals surface area (Å²) in [4.78, 5) is 14.9. The van der Waals surface area contributed by atoms with E-state index in [1.165, 1.54) is 12.1 Å². The Labute approximate surface area is 162 Å². The highest BCUT2D eigenvalue weighted by Gasteiger charge is 2.22. The van der Waals surface area contributed by atoms with Crippen LogP contribution in [0.4, 0.5) is 10.5 Å². The van der Waals surface area contributed by atoms with Gasteiger partial charge in [0, 0.05) is 31.4 Å². The Bertz CT molecular complexity index is 698. The third kappa shape index (κ3) is 6.79. The standard InChI is InChI=1S/C19H31N3O4S/c1-4-27(24,25)18-7-5-16(6-8-18)21-19(23)20-14-17(13-15(2)3)22-9-11-26-12-10-22/h5-8,15,17H,4,9-14H2,1-3H3,(H2,20,21,23). The summed E-state index contributed by atoms with van der Waals surface area (Å²) in [5, 5.41) is 5.70. The number of nitrogens with zero attached hydrogens (tertiary/aromatic N) is 1. The molecule has 1 saturated heterocycles. The summed E-state index contributed by atoms with van der Waals surface area (Å²) >= 11 is 0. The zero-order valence-corrected chi connectivity index (χ0v) is 17.2. The Kier molecular flexibility index (Phi) is 8.07. The summed E-state index contributed by atoms with van der Waals surface area (Å²) < 4.78 is 29.1. The van der Waals surface area contributed by atoms with Crippen LogP contribution in [0.1, 0.15) is 27.2 Å². The van der Waals surface area contributed by atoms with Crippen LogP contribution in [0.2, 0.25) is 0 Å². The first-order valence-electron chi connectivity index (χ1n) is 9.51. The van der Waals surface area contributed by atoms with Crippen molar-refractivity contribution in [3.63, 3.8) is 0 Å². The SMILES string of the molecule is CCS(=O)(=O)c1ccc(NC(=O)NCC(CC(C)C)N2CCOCC2)cc1. The fourth-order valence-corrected chi connectivity index (χ4v) is 4.03. The van der Waals surface area contributed by atoms with Crippen LogP contribution >= 0.6 is 0 Å². The summed E-state index contributed by atoms with van der Waals surface area (Å²) in [6.45, 7) is 9.76. The Morgan fingerprint density at radius 2 is 1.81 bits per heavy atom. The molecule has 1 heterocycles. The lowest BCUT2D eigenvalue weighted by Gasteiger charge is -2.35. The van der Waals surface area contributed by atoms with Gasteiger partial charge in [-0.05, 0) is 36.6 Å². The van der Waals surface area contributed by atoms with E-state index in [9.17, 15) is 13.2 Å². The van der Waals surface area contributed by atoms with Crippen LogP contribution in [0.15, 0.2) is 29.2 Å². The van der Waals surface area contributed by atoms with Gasteiger partial charge in [-0.15, -0.1) is 0 Å². The number of amides is 2. The molecule has 1 aromatic carbocycles. The number of benzene rings is 1. The van der Waals surface area contributed by atoms with Crippen molar-refractivity contribution in [2.45, 2.75) is 38.1 Å². The summed E-state index contributed by atoms with van der Waals surface area (Å²) in [7, 11) is -3.23. The lowest BCUT2D eigenvalue weighted by Crippen LogP contribution is -2.49. The maximum atomic E-state index is 12.2. The Hall–Kier alpha value is -1.64. The van der Waals surface area contributed by atoms with Gasteiger partial charge in [0.2, 0.25) is 0 Å². The van der Waals surface area contributed by atoms with Crippen molar-refractivity contribution >= 4 is 21.6 Å². The van der Waals surface area contributed by atoms with Crippen LogP contribution in [0.5, 0.6) is 0 Å². The number of rotatable bonds is 8. The number of hydrogen-bond acceptors (Lipinski definition) is 5. The zero-order valence-electron chi connectivity index (χ0n) is 16.4. The topological polar surface area (TPSA) is 87.7 Å². The van der Waals surface area contributed by atoms with Crippen LogP contribution < -0.4 is 10.6 Å². The van der Waals surface area contributed by atoms with Crippen LogP contribution in [0, 0.1) is 5.92 Å². The zero-order chi connectivity index (χ0) is 19.9. The first-order valence-corrected chi connectivity index (χ1v) is 11.2. The highest BCUT2D eigenvalue weighted by Crippen LogP contribution is 2.16. The van der Waals surface area contributed by atoms with E-state index in [2.05, 4.69) is 29.4 Å². The lowest BCUT2D eigenvalue weighted by molar-refractivity contribution is 0.0130. The second-order valence-electron chi connectivity index (χ2n) is 7.19. The van der Waals surface area contributed by atoms with Crippen molar-refractivity contribution in [2.24, 2.45) is 5.92 Å². The molecule has 1 aromatic rings. The van der Waals surface area contributed by atoms with Crippen molar-refractivity contribution in [3.8, 4) is 0 Å². The monoisotopic (exact) mass is 397 g/mol. The Morgan fingerprint density at radius 3 is 2.37 bits per heavy atom. The van der Waals surface area contributed by atoms with Gasteiger partial charge in [-0.1, -0.05) is 20.8 Å². The van der Waals surface area contributed by atoms with E-state index < -0.39 is 9.84 Å². The van der Waals surface area contributed by atoms with Gasteiger partial charge in [0.1, 0.15) is 0 Å². The molecule has 7 nitrogen and oxygen atoms in total. The number of hydrogen-bond donors (Lipinski definition) is 2. The van der Waals surface area contributed by atoms with Gasteiger partial charge < -0.3 is 15.4 Å². The molecular formula is C19H31N3O4S. The molecule has 0 bridgehead atoms. The second-order valence-corrected chi connectivity index (χ2v) is 9.47. The number of carbonyl (C=O) groups is 1. The van der Waals surface area contributed by atoms with E-state index in [-0.39, 0.29) is 22.7 Å².